The van der Waals surface area contributed by atoms with Crippen molar-refractivity contribution < 1.29 is 9.90 Å². The molecule has 0 bridgehead atoms. The zero-order valence-electron chi connectivity index (χ0n) is 10.8. The summed E-state index contributed by atoms with van der Waals surface area (Å²) in [6.07, 6.45) is 0.568. The number of aliphatic hydroxyl groups excluding tert-OH is 1. The molecule has 0 aromatic carbocycles. The maximum absolute atomic E-state index is 12.2. The molecule has 0 spiro atoms. The first-order valence-electron chi connectivity index (χ1n) is 6.04. The van der Waals surface area contributed by atoms with Crippen molar-refractivity contribution in [3.8, 4) is 0 Å². The number of nitrogens with two attached hydrogens (primary N) is 1. The first-order chi connectivity index (χ1) is 8.63. The minimum Gasteiger partial charge on any atom is -0.396 e. The molecular formula is C11H20N4O2S. The molecule has 102 valence electrons. The van der Waals surface area contributed by atoms with E-state index in [1.807, 2.05) is 13.8 Å². The second-order valence-corrected chi connectivity index (χ2v) is 4.72. The Bertz CT molecular complexity index is 394. The van der Waals surface area contributed by atoms with Crippen molar-refractivity contribution in [3.63, 3.8) is 0 Å². The smallest absolute Gasteiger partial charge is 0.267 e. The Balaban J connectivity index is 2.80. The minimum atomic E-state index is -0.120. The number of rotatable bonds is 7. The number of carbonyl (C=O) groups excluding carboxylic acids is 1. The van der Waals surface area contributed by atoms with Gasteiger partial charge in [-0.3, -0.25) is 4.79 Å². The van der Waals surface area contributed by atoms with Crippen LogP contribution in [0.25, 0.3) is 0 Å². The number of aliphatic hydroxyl groups is 1. The van der Waals surface area contributed by atoms with Crippen molar-refractivity contribution in [1.29, 1.82) is 0 Å². The largest absolute Gasteiger partial charge is 0.396 e. The van der Waals surface area contributed by atoms with Gasteiger partial charge in [-0.2, -0.15) is 0 Å². The summed E-state index contributed by atoms with van der Waals surface area (Å²) in [6.45, 7) is 5.79. The Morgan fingerprint density at radius 3 is 2.83 bits per heavy atom. The van der Waals surface area contributed by atoms with Crippen molar-refractivity contribution in [2.24, 2.45) is 0 Å². The van der Waals surface area contributed by atoms with Crippen LogP contribution in [0.4, 0.5) is 10.9 Å². The number of anilines is 2. The molecule has 18 heavy (non-hydrogen) atoms. The molecule has 0 aliphatic rings. The van der Waals surface area contributed by atoms with Gasteiger partial charge in [0.15, 0.2) is 5.13 Å². The van der Waals surface area contributed by atoms with Crippen molar-refractivity contribution in [2.45, 2.75) is 20.3 Å². The van der Waals surface area contributed by atoms with E-state index < -0.39 is 0 Å². The van der Waals surface area contributed by atoms with Crippen LogP contribution in [0.2, 0.25) is 0 Å². The number of amides is 1. The van der Waals surface area contributed by atoms with Crippen LogP contribution in [0.1, 0.15) is 29.9 Å². The predicted molar refractivity (Wildman–Crippen MR) is 74.0 cm³/mol. The van der Waals surface area contributed by atoms with E-state index in [1.54, 1.807) is 4.90 Å². The maximum atomic E-state index is 12.2. The van der Waals surface area contributed by atoms with Crippen LogP contribution in [-0.2, 0) is 0 Å². The summed E-state index contributed by atoms with van der Waals surface area (Å²) in [5, 5.41) is 12.5. The van der Waals surface area contributed by atoms with Gasteiger partial charge in [0.2, 0.25) is 0 Å². The summed E-state index contributed by atoms with van der Waals surface area (Å²) in [5.74, 6) is 0.147. The minimum absolute atomic E-state index is 0.0740. The van der Waals surface area contributed by atoms with Crippen LogP contribution >= 0.6 is 11.3 Å². The van der Waals surface area contributed by atoms with Crippen molar-refractivity contribution in [3.05, 3.63) is 4.88 Å². The Morgan fingerprint density at radius 2 is 2.28 bits per heavy atom. The third-order valence-electron chi connectivity index (χ3n) is 2.43. The number of hydrogen-bond acceptors (Lipinski definition) is 6. The average molecular weight is 272 g/mol. The zero-order valence-corrected chi connectivity index (χ0v) is 11.6. The molecular weight excluding hydrogens is 252 g/mol. The molecule has 7 heteroatoms. The maximum Gasteiger partial charge on any atom is 0.267 e. The number of nitrogen functional groups attached to an aromatic ring is 1. The lowest BCUT2D eigenvalue weighted by molar-refractivity contribution is 0.0760. The predicted octanol–water partition coefficient (Wildman–Crippen LogP) is 1.00. The van der Waals surface area contributed by atoms with Crippen LogP contribution in [0.5, 0.6) is 0 Å². The highest BCUT2D eigenvalue weighted by Gasteiger charge is 2.20. The highest BCUT2D eigenvalue weighted by atomic mass is 32.1. The topological polar surface area (TPSA) is 91.5 Å². The summed E-state index contributed by atoms with van der Waals surface area (Å²) in [6, 6.07) is 0. The third kappa shape index (κ3) is 3.58. The van der Waals surface area contributed by atoms with E-state index in [2.05, 4.69) is 10.3 Å². The molecule has 0 atom stereocenters. The van der Waals surface area contributed by atoms with E-state index in [9.17, 15) is 4.79 Å². The lowest BCUT2D eigenvalue weighted by Gasteiger charge is -2.19. The molecule has 1 amide bonds. The normalized spacial score (nSPS) is 10.4. The summed E-state index contributed by atoms with van der Waals surface area (Å²) >= 11 is 1.27. The number of thiazole rings is 1. The molecule has 1 aromatic heterocycles. The number of nitrogens with zero attached hydrogens (tertiary/aromatic N) is 2. The third-order valence-corrected chi connectivity index (χ3v) is 3.45. The number of nitrogens with one attached hydrogen (secondary N) is 1. The van der Waals surface area contributed by atoms with E-state index >= 15 is 0 Å². The molecule has 4 N–H and O–H groups in total. The molecule has 0 aliphatic heterocycles. The van der Waals surface area contributed by atoms with Crippen molar-refractivity contribution >= 4 is 28.2 Å². The van der Waals surface area contributed by atoms with Crippen LogP contribution in [-0.4, -0.2) is 47.1 Å². The van der Waals surface area contributed by atoms with Gasteiger partial charge in [0.25, 0.3) is 5.91 Å². The fourth-order valence-electron chi connectivity index (χ4n) is 1.52. The van der Waals surface area contributed by atoms with E-state index in [0.29, 0.717) is 29.5 Å². The highest BCUT2D eigenvalue weighted by Crippen LogP contribution is 2.26. The molecule has 0 saturated carbocycles. The summed E-state index contributed by atoms with van der Waals surface area (Å²) in [4.78, 5) is 18.5. The number of carbonyl (C=O) groups is 1. The first-order valence-corrected chi connectivity index (χ1v) is 6.85. The molecule has 0 saturated heterocycles. The van der Waals surface area contributed by atoms with Crippen molar-refractivity contribution in [1.82, 2.24) is 9.88 Å². The number of aromatic nitrogens is 1. The summed E-state index contributed by atoms with van der Waals surface area (Å²) < 4.78 is 0. The van der Waals surface area contributed by atoms with Crippen LogP contribution in [0.3, 0.4) is 0 Å². The first kappa shape index (κ1) is 14.7. The van der Waals surface area contributed by atoms with E-state index in [4.69, 9.17) is 10.8 Å². The molecule has 1 rings (SSSR count). The Morgan fingerprint density at radius 1 is 1.56 bits per heavy atom. The molecule has 0 radical (unpaired) electrons. The van der Waals surface area contributed by atoms with Crippen LogP contribution < -0.4 is 11.1 Å². The Hall–Kier alpha value is -1.34. The lowest BCUT2D eigenvalue weighted by Crippen LogP contribution is -2.32. The van der Waals surface area contributed by atoms with Crippen molar-refractivity contribution in [2.75, 3.05) is 37.3 Å². The fourth-order valence-corrected chi connectivity index (χ4v) is 2.44. The van der Waals surface area contributed by atoms with E-state index in [1.165, 1.54) is 11.3 Å². The summed E-state index contributed by atoms with van der Waals surface area (Å²) in [5.41, 5.74) is 5.76. The molecule has 1 aromatic rings. The lowest BCUT2D eigenvalue weighted by atomic mass is 10.3. The van der Waals surface area contributed by atoms with Crippen LogP contribution in [0, 0.1) is 0 Å². The van der Waals surface area contributed by atoms with Gasteiger partial charge in [0, 0.05) is 26.2 Å². The number of hydrogen-bond donors (Lipinski definition) is 3. The van der Waals surface area contributed by atoms with Gasteiger partial charge < -0.3 is 21.1 Å². The average Bonchev–Trinajstić information content (AvgIpc) is 2.71. The van der Waals surface area contributed by atoms with Gasteiger partial charge in [0.1, 0.15) is 10.7 Å². The zero-order chi connectivity index (χ0) is 13.5. The van der Waals surface area contributed by atoms with Gasteiger partial charge in [-0.15, -0.1) is 0 Å². The second-order valence-electron chi connectivity index (χ2n) is 3.73. The molecule has 0 aliphatic carbocycles. The Kier molecular flexibility index (Phi) is 5.87. The standard InChI is InChI=1S/C11H20N4O2S/c1-3-13-11-14-9(12)8(18-11)10(17)15(4-2)6-5-7-16/h16H,3-7,12H2,1-2H3,(H,13,14). The van der Waals surface area contributed by atoms with Gasteiger partial charge in [-0.05, 0) is 20.3 Å². The quantitative estimate of drug-likeness (QED) is 0.689. The second kappa shape index (κ2) is 7.17. The molecule has 1 heterocycles. The molecule has 0 fully saturated rings. The Labute approximate surface area is 111 Å². The molecule has 6 nitrogen and oxygen atoms in total. The van der Waals surface area contributed by atoms with E-state index in [0.717, 1.165) is 6.54 Å². The van der Waals surface area contributed by atoms with E-state index in [-0.39, 0.29) is 18.3 Å². The van der Waals surface area contributed by atoms with Crippen LogP contribution in [0.15, 0.2) is 0 Å². The SMILES string of the molecule is CCNc1nc(N)c(C(=O)N(CC)CCCO)s1. The summed E-state index contributed by atoms with van der Waals surface area (Å²) in [7, 11) is 0. The monoisotopic (exact) mass is 272 g/mol. The van der Waals surface area contributed by atoms with Gasteiger partial charge in [-0.1, -0.05) is 11.3 Å². The van der Waals surface area contributed by atoms with Gasteiger partial charge in [0.05, 0.1) is 0 Å². The van der Waals surface area contributed by atoms with Gasteiger partial charge in [-0.25, -0.2) is 4.98 Å². The molecule has 0 unspecified atom stereocenters. The highest BCUT2D eigenvalue weighted by molar-refractivity contribution is 7.18. The van der Waals surface area contributed by atoms with Gasteiger partial charge >= 0.3 is 0 Å². The fraction of sp³-hybridized carbons (Fsp3) is 0.636.